The summed E-state index contributed by atoms with van der Waals surface area (Å²) in [6.07, 6.45) is 10.0. The molecule has 1 unspecified atom stereocenters. The Hall–Kier alpha value is -0.720. The van der Waals surface area contributed by atoms with Gasteiger partial charge in [-0.1, -0.05) is 40.5 Å². The lowest BCUT2D eigenvalue weighted by Crippen LogP contribution is -2.53. The zero-order valence-electron chi connectivity index (χ0n) is 23.1. The molecule has 0 aromatic rings. The maximum atomic E-state index is 11.4. The molecule has 38 heavy (non-hydrogen) atoms. The normalized spacial score (nSPS) is 40.2. The van der Waals surface area contributed by atoms with Crippen LogP contribution in [-0.2, 0) is 29.2 Å². The molecule has 11 heteroatoms. The van der Waals surface area contributed by atoms with Crippen LogP contribution in [0.4, 0.5) is 0 Å². The van der Waals surface area contributed by atoms with Gasteiger partial charge in [0.05, 0.1) is 6.61 Å². The highest BCUT2D eigenvalue weighted by molar-refractivity contribution is 7.81. The molecule has 3 fully saturated rings. The molecule has 0 aliphatic heterocycles. The SMILES string of the molecule is CC(C)CCC[C@@H](COS(=O)(=O)O)[C@H]1CC[C@H]2[C@@H]3CC[C@H]4CC(O)C(OS(=O)(=O)O)=C[C@]4(C)[C@H]3CC[C@]12C. The van der Waals surface area contributed by atoms with Crippen molar-refractivity contribution in [2.45, 2.75) is 98.0 Å². The van der Waals surface area contributed by atoms with Crippen molar-refractivity contribution in [3.63, 3.8) is 0 Å². The van der Waals surface area contributed by atoms with Crippen LogP contribution in [0.15, 0.2) is 11.8 Å². The average molecular weight is 579 g/mol. The molecule has 0 saturated heterocycles. The number of rotatable bonds is 10. The summed E-state index contributed by atoms with van der Waals surface area (Å²) in [4.78, 5) is 0. The first kappa shape index (κ1) is 30.2. The maximum Gasteiger partial charge on any atom is 0.446 e. The Morgan fingerprint density at radius 1 is 0.974 bits per heavy atom. The van der Waals surface area contributed by atoms with E-state index in [9.17, 15) is 31.0 Å². The van der Waals surface area contributed by atoms with Crippen LogP contribution in [0.25, 0.3) is 0 Å². The third kappa shape index (κ3) is 6.28. The molecule has 0 aromatic heterocycles. The minimum atomic E-state index is -4.72. The van der Waals surface area contributed by atoms with E-state index in [1.807, 2.05) is 0 Å². The van der Waals surface area contributed by atoms with E-state index < -0.39 is 26.9 Å². The van der Waals surface area contributed by atoms with E-state index in [0.717, 1.165) is 57.8 Å². The van der Waals surface area contributed by atoms with E-state index in [2.05, 4.69) is 27.7 Å². The van der Waals surface area contributed by atoms with Crippen molar-refractivity contribution in [2.24, 2.45) is 52.3 Å². The summed E-state index contributed by atoms with van der Waals surface area (Å²) in [6, 6.07) is 0. The fraction of sp³-hybridized carbons (Fsp3) is 0.926. The molecule has 4 rings (SSSR count). The van der Waals surface area contributed by atoms with Gasteiger partial charge in [0, 0.05) is 0 Å². The molecule has 4 aliphatic carbocycles. The van der Waals surface area contributed by atoms with Crippen LogP contribution in [0.1, 0.15) is 91.9 Å². The van der Waals surface area contributed by atoms with Crippen molar-refractivity contribution in [1.82, 2.24) is 0 Å². The van der Waals surface area contributed by atoms with E-state index in [1.165, 1.54) is 0 Å². The van der Waals surface area contributed by atoms with Crippen LogP contribution in [0.3, 0.4) is 0 Å². The number of allylic oxidation sites excluding steroid dienone is 1. The molecule has 9 nitrogen and oxygen atoms in total. The lowest BCUT2D eigenvalue weighted by molar-refractivity contribution is -0.0975. The summed E-state index contributed by atoms with van der Waals surface area (Å²) < 4.78 is 74.0. The second-order valence-electron chi connectivity index (χ2n) is 13.4. The van der Waals surface area contributed by atoms with Gasteiger partial charge in [-0.2, -0.15) is 16.8 Å². The fourth-order valence-corrected chi connectivity index (χ4v) is 9.98. The van der Waals surface area contributed by atoms with Crippen LogP contribution >= 0.6 is 0 Å². The zero-order valence-corrected chi connectivity index (χ0v) is 24.7. The van der Waals surface area contributed by atoms with Crippen LogP contribution in [0.5, 0.6) is 0 Å². The molecule has 4 aliphatic rings. The Balaban J connectivity index is 1.57. The largest absolute Gasteiger partial charge is 0.446 e. The Labute approximate surface area is 228 Å². The standard InChI is InChI=1S/C27H46O9S2/c1-17(2)6-5-7-18(16-35-37(29,30)31)21-10-11-22-20-9-8-19-14-24(28)25(36-38(32,33)34)15-27(19,4)23(20)12-13-26(21,22)3/h15,17-24,28H,5-14,16H2,1-4H3,(H,29,30,31)(H,32,33,34)/t18-,19-,20-,21+,22-,23-,24?,26+,27-/m0/s1. The van der Waals surface area contributed by atoms with Crippen LogP contribution in [-0.4, -0.2) is 43.8 Å². The number of aliphatic hydroxyl groups is 1. The predicted molar refractivity (Wildman–Crippen MR) is 142 cm³/mol. The van der Waals surface area contributed by atoms with Crippen LogP contribution in [0, 0.1) is 52.3 Å². The highest BCUT2D eigenvalue weighted by Gasteiger charge is 2.61. The van der Waals surface area contributed by atoms with Gasteiger partial charge >= 0.3 is 20.8 Å². The van der Waals surface area contributed by atoms with E-state index in [-0.39, 0.29) is 35.0 Å². The highest BCUT2D eigenvalue weighted by atomic mass is 32.3. The van der Waals surface area contributed by atoms with Gasteiger partial charge in [0.2, 0.25) is 0 Å². The number of aliphatic hydroxyl groups excluding tert-OH is 1. The van der Waals surface area contributed by atoms with E-state index >= 15 is 0 Å². The minimum absolute atomic E-state index is 0.00868. The van der Waals surface area contributed by atoms with Gasteiger partial charge in [-0.3, -0.25) is 9.11 Å². The number of hydrogen-bond acceptors (Lipinski definition) is 7. The summed E-state index contributed by atoms with van der Waals surface area (Å²) >= 11 is 0. The molecule has 9 atom stereocenters. The van der Waals surface area contributed by atoms with Gasteiger partial charge in [0.1, 0.15) is 11.9 Å². The van der Waals surface area contributed by atoms with Gasteiger partial charge in [0.15, 0.2) is 0 Å². The number of hydrogen-bond donors (Lipinski definition) is 3. The first-order chi connectivity index (χ1) is 17.5. The second kappa shape index (κ2) is 10.9. The lowest BCUT2D eigenvalue weighted by atomic mass is 9.45. The summed E-state index contributed by atoms with van der Waals surface area (Å²) in [5.74, 6) is 2.24. The Morgan fingerprint density at radius 2 is 1.68 bits per heavy atom. The van der Waals surface area contributed by atoms with Crippen molar-refractivity contribution in [1.29, 1.82) is 0 Å². The van der Waals surface area contributed by atoms with Crippen molar-refractivity contribution in [3.8, 4) is 0 Å². The molecular weight excluding hydrogens is 532 g/mol. The maximum absolute atomic E-state index is 11.4. The topological polar surface area (TPSA) is 147 Å². The number of fused-ring (bicyclic) bond motifs is 5. The van der Waals surface area contributed by atoms with Crippen LogP contribution < -0.4 is 0 Å². The summed E-state index contributed by atoms with van der Waals surface area (Å²) in [6.45, 7) is 8.88. The summed E-state index contributed by atoms with van der Waals surface area (Å²) in [5.41, 5.74) is -0.312. The molecule has 0 amide bonds. The zero-order chi connectivity index (χ0) is 28.1. The third-order valence-corrected chi connectivity index (χ3v) is 11.7. The first-order valence-corrected chi connectivity index (χ1v) is 17.0. The molecule has 3 saturated carbocycles. The second-order valence-corrected chi connectivity index (χ2v) is 15.5. The van der Waals surface area contributed by atoms with E-state index in [0.29, 0.717) is 36.0 Å². The van der Waals surface area contributed by atoms with E-state index in [1.54, 1.807) is 6.08 Å². The molecule has 0 heterocycles. The summed E-state index contributed by atoms with van der Waals surface area (Å²) in [7, 11) is -9.22. The predicted octanol–water partition coefficient (Wildman–Crippen LogP) is 5.19. The van der Waals surface area contributed by atoms with Gasteiger partial charge in [-0.15, -0.1) is 0 Å². The Kier molecular flexibility index (Phi) is 8.70. The minimum Gasteiger partial charge on any atom is -0.385 e. The van der Waals surface area contributed by atoms with Crippen molar-refractivity contribution >= 4 is 20.8 Å². The lowest BCUT2D eigenvalue weighted by Gasteiger charge is -2.60. The van der Waals surface area contributed by atoms with Crippen molar-refractivity contribution < 1.29 is 39.4 Å². The molecule has 220 valence electrons. The molecule has 0 bridgehead atoms. The van der Waals surface area contributed by atoms with Gasteiger partial charge < -0.3 is 9.29 Å². The van der Waals surface area contributed by atoms with Crippen molar-refractivity contribution in [2.75, 3.05) is 6.61 Å². The first-order valence-electron chi connectivity index (χ1n) is 14.2. The molecule has 3 N–H and O–H groups in total. The summed E-state index contributed by atoms with van der Waals surface area (Å²) in [5, 5.41) is 10.5. The van der Waals surface area contributed by atoms with Crippen LogP contribution in [0.2, 0.25) is 0 Å². The highest BCUT2D eigenvalue weighted by Crippen LogP contribution is 2.68. The Morgan fingerprint density at radius 3 is 2.32 bits per heavy atom. The molecule has 0 aromatic carbocycles. The monoisotopic (exact) mass is 578 g/mol. The fourth-order valence-electron chi connectivity index (χ4n) is 9.23. The molecule has 0 spiro atoms. The average Bonchev–Trinajstić information content (AvgIpc) is 3.12. The van der Waals surface area contributed by atoms with Gasteiger partial charge in [0.25, 0.3) is 0 Å². The van der Waals surface area contributed by atoms with Gasteiger partial charge in [-0.25, -0.2) is 4.18 Å². The van der Waals surface area contributed by atoms with E-state index in [4.69, 9.17) is 8.37 Å². The van der Waals surface area contributed by atoms with Gasteiger partial charge in [-0.05, 0) is 110 Å². The van der Waals surface area contributed by atoms with Crippen molar-refractivity contribution in [3.05, 3.63) is 11.8 Å². The smallest absolute Gasteiger partial charge is 0.385 e. The quantitative estimate of drug-likeness (QED) is 0.298. The third-order valence-electron chi connectivity index (χ3n) is 10.9. The molecular formula is C27H46O9S2. The Bertz CT molecular complexity index is 1100. The molecule has 0 radical (unpaired) electrons.